The summed E-state index contributed by atoms with van der Waals surface area (Å²) in [5.41, 5.74) is 3.42. The molecule has 0 aliphatic rings. The van der Waals surface area contributed by atoms with Gasteiger partial charge >= 0.3 is 0 Å². The van der Waals surface area contributed by atoms with Crippen molar-refractivity contribution >= 4 is 11.3 Å². The van der Waals surface area contributed by atoms with E-state index >= 15 is 0 Å². The summed E-state index contributed by atoms with van der Waals surface area (Å²) in [4.78, 5) is 1.20. The molecule has 0 unspecified atom stereocenters. The summed E-state index contributed by atoms with van der Waals surface area (Å²) < 4.78 is 0. The van der Waals surface area contributed by atoms with Gasteiger partial charge in [-0.3, -0.25) is 0 Å². The average Bonchev–Trinajstić information content (AvgIpc) is 2.87. The van der Waals surface area contributed by atoms with Crippen LogP contribution in [0.1, 0.15) is 41.3 Å². The number of nitrogens with zero attached hydrogens (tertiary/aromatic N) is 1. The minimum absolute atomic E-state index is 0.581. The smallest absolute Gasteiger partial charge is 0.100 e. The van der Waals surface area contributed by atoms with Crippen LogP contribution in [0.2, 0.25) is 0 Å². The molecule has 0 saturated carbocycles. The summed E-state index contributed by atoms with van der Waals surface area (Å²) in [5, 5.41) is 14.1. The van der Waals surface area contributed by atoms with E-state index in [9.17, 15) is 0 Å². The fourth-order valence-electron chi connectivity index (χ4n) is 1.88. The third-order valence-electron chi connectivity index (χ3n) is 3.06. The van der Waals surface area contributed by atoms with Gasteiger partial charge in [0.15, 0.2) is 0 Å². The maximum atomic E-state index is 8.76. The quantitative estimate of drug-likeness (QED) is 0.890. The van der Waals surface area contributed by atoms with E-state index in [0.717, 1.165) is 18.7 Å². The van der Waals surface area contributed by atoms with E-state index in [0.29, 0.717) is 5.92 Å². The third kappa shape index (κ3) is 3.92. The number of thiophene rings is 1. The molecule has 0 atom stereocenters. The van der Waals surface area contributed by atoms with E-state index in [2.05, 4.69) is 49.5 Å². The van der Waals surface area contributed by atoms with Gasteiger partial charge in [-0.1, -0.05) is 38.1 Å². The second-order valence-electron chi connectivity index (χ2n) is 4.91. The van der Waals surface area contributed by atoms with E-state index in [1.807, 2.05) is 11.4 Å². The van der Waals surface area contributed by atoms with Crippen LogP contribution < -0.4 is 5.32 Å². The van der Waals surface area contributed by atoms with Crippen LogP contribution in [0.25, 0.3) is 0 Å². The Balaban J connectivity index is 1.84. The molecule has 0 saturated heterocycles. The van der Waals surface area contributed by atoms with E-state index in [4.69, 9.17) is 5.26 Å². The molecule has 2 rings (SSSR count). The van der Waals surface area contributed by atoms with Gasteiger partial charge in [-0.25, -0.2) is 0 Å². The fraction of sp³-hybridized carbons (Fsp3) is 0.312. The Hall–Kier alpha value is -1.63. The fourth-order valence-corrected chi connectivity index (χ4v) is 2.66. The largest absolute Gasteiger partial charge is 0.308 e. The molecule has 0 fully saturated rings. The van der Waals surface area contributed by atoms with Crippen molar-refractivity contribution in [1.29, 1.82) is 5.26 Å². The van der Waals surface area contributed by atoms with Crippen molar-refractivity contribution in [2.24, 2.45) is 0 Å². The molecule has 0 radical (unpaired) electrons. The molecule has 2 aromatic rings. The van der Waals surface area contributed by atoms with Gasteiger partial charge in [-0.05, 0) is 23.1 Å². The lowest BCUT2D eigenvalue weighted by Crippen LogP contribution is -2.11. The normalized spacial score (nSPS) is 10.6. The molecule has 0 bridgehead atoms. The van der Waals surface area contributed by atoms with Gasteiger partial charge in [-0.15, -0.1) is 11.3 Å². The molecular formula is C16H18N2S. The van der Waals surface area contributed by atoms with Gasteiger partial charge in [-0.2, -0.15) is 5.26 Å². The Labute approximate surface area is 118 Å². The molecule has 0 aliphatic heterocycles. The first-order chi connectivity index (χ1) is 9.19. The van der Waals surface area contributed by atoms with Crippen LogP contribution in [0.15, 0.2) is 35.7 Å². The summed E-state index contributed by atoms with van der Waals surface area (Å²) >= 11 is 1.63. The second-order valence-corrected chi connectivity index (χ2v) is 5.91. The summed E-state index contributed by atoms with van der Waals surface area (Å²) in [6.45, 7) is 6.09. The second kappa shape index (κ2) is 6.51. The van der Waals surface area contributed by atoms with Crippen LogP contribution in [0, 0.1) is 11.3 Å². The SMILES string of the molecule is CC(C)c1ccc(CNCc2cc(C#N)cs2)cc1. The number of hydrogen-bond acceptors (Lipinski definition) is 3. The zero-order valence-corrected chi connectivity index (χ0v) is 12.1. The number of nitriles is 1. The first-order valence-electron chi connectivity index (χ1n) is 6.46. The van der Waals surface area contributed by atoms with Gasteiger partial charge < -0.3 is 5.32 Å². The van der Waals surface area contributed by atoms with Crippen LogP contribution in [0.5, 0.6) is 0 Å². The predicted molar refractivity (Wildman–Crippen MR) is 80.1 cm³/mol. The molecule has 1 N–H and O–H groups in total. The van der Waals surface area contributed by atoms with Crippen LogP contribution >= 0.6 is 11.3 Å². The van der Waals surface area contributed by atoms with Crippen molar-refractivity contribution < 1.29 is 0 Å². The van der Waals surface area contributed by atoms with Gasteiger partial charge in [0.25, 0.3) is 0 Å². The van der Waals surface area contributed by atoms with Gasteiger partial charge in [0.1, 0.15) is 6.07 Å². The lowest BCUT2D eigenvalue weighted by atomic mass is 10.0. The van der Waals surface area contributed by atoms with Crippen molar-refractivity contribution in [3.8, 4) is 6.07 Å². The summed E-state index contributed by atoms with van der Waals surface area (Å²) in [6, 6.07) is 12.8. The monoisotopic (exact) mass is 270 g/mol. The van der Waals surface area contributed by atoms with Gasteiger partial charge in [0.05, 0.1) is 5.56 Å². The molecule has 98 valence electrons. The van der Waals surface area contributed by atoms with Crippen LogP contribution in [-0.4, -0.2) is 0 Å². The average molecular weight is 270 g/mol. The maximum absolute atomic E-state index is 8.76. The highest BCUT2D eigenvalue weighted by Gasteiger charge is 2.00. The first kappa shape index (κ1) is 13.8. The van der Waals surface area contributed by atoms with Crippen molar-refractivity contribution in [2.75, 3.05) is 0 Å². The topological polar surface area (TPSA) is 35.8 Å². The van der Waals surface area contributed by atoms with Crippen molar-refractivity contribution in [1.82, 2.24) is 5.32 Å². The van der Waals surface area contributed by atoms with E-state index in [1.54, 1.807) is 11.3 Å². The molecule has 1 heterocycles. The first-order valence-corrected chi connectivity index (χ1v) is 7.34. The highest BCUT2D eigenvalue weighted by atomic mass is 32.1. The maximum Gasteiger partial charge on any atom is 0.100 e. The zero-order chi connectivity index (χ0) is 13.7. The van der Waals surface area contributed by atoms with Crippen LogP contribution in [0.3, 0.4) is 0 Å². The zero-order valence-electron chi connectivity index (χ0n) is 11.3. The van der Waals surface area contributed by atoms with Gasteiger partial charge in [0, 0.05) is 23.3 Å². The Kier molecular flexibility index (Phi) is 4.73. The number of benzene rings is 1. The Morgan fingerprint density at radius 1 is 1.21 bits per heavy atom. The van der Waals surface area contributed by atoms with Crippen LogP contribution in [-0.2, 0) is 13.1 Å². The Bertz CT molecular complexity index is 561. The summed E-state index contributed by atoms with van der Waals surface area (Å²) in [5.74, 6) is 0.581. The van der Waals surface area contributed by atoms with Crippen molar-refractivity contribution in [3.63, 3.8) is 0 Å². The standard InChI is InChI=1S/C16H18N2S/c1-12(2)15-5-3-13(4-6-15)9-18-10-16-7-14(8-17)11-19-16/h3-7,11-12,18H,9-10H2,1-2H3. The molecule has 0 amide bonds. The molecule has 1 aromatic carbocycles. The molecule has 1 aromatic heterocycles. The van der Waals surface area contributed by atoms with Gasteiger partial charge in [0.2, 0.25) is 0 Å². The van der Waals surface area contributed by atoms with E-state index in [1.165, 1.54) is 16.0 Å². The minimum Gasteiger partial charge on any atom is -0.308 e. The summed E-state index contributed by atoms with van der Waals surface area (Å²) in [6.07, 6.45) is 0. The minimum atomic E-state index is 0.581. The number of hydrogen-bond donors (Lipinski definition) is 1. The highest BCUT2D eigenvalue weighted by molar-refractivity contribution is 7.10. The lowest BCUT2D eigenvalue weighted by Gasteiger charge is -2.07. The van der Waals surface area contributed by atoms with Crippen molar-refractivity contribution in [3.05, 3.63) is 57.3 Å². The predicted octanol–water partition coefficient (Wildman–Crippen LogP) is 4.03. The molecule has 19 heavy (non-hydrogen) atoms. The molecule has 2 nitrogen and oxygen atoms in total. The van der Waals surface area contributed by atoms with E-state index < -0.39 is 0 Å². The molecule has 0 aliphatic carbocycles. The summed E-state index contributed by atoms with van der Waals surface area (Å²) in [7, 11) is 0. The number of rotatable bonds is 5. The molecular weight excluding hydrogens is 252 g/mol. The Morgan fingerprint density at radius 3 is 2.53 bits per heavy atom. The highest BCUT2D eigenvalue weighted by Crippen LogP contribution is 2.15. The number of nitrogens with one attached hydrogen (secondary N) is 1. The van der Waals surface area contributed by atoms with Crippen LogP contribution in [0.4, 0.5) is 0 Å². The van der Waals surface area contributed by atoms with Crippen molar-refractivity contribution in [2.45, 2.75) is 32.9 Å². The lowest BCUT2D eigenvalue weighted by molar-refractivity contribution is 0.700. The van der Waals surface area contributed by atoms with E-state index in [-0.39, 0.29) is 0 Å². The third-order valence-corrected chi connectivity index (χ3v) is 3.99. The molecule has 0 spiro atoms. The molecule has 3 heteroatoms. The Morgan fingerprint density at radius 2 is 1.95 bits per heavy atom.